The fraction of sp³-hybridized carbons (Fsp3) is 0.176. The van der Waals surface area contributed by atoms with Crippen LogP contribution in [0.1, 0.15) is 23.0 Å². The minimum atomic E-state index is -0.0863. The van der Waals surface area contributed by atoms with Gasteiger partial charge in [-0.15, -0.1) is 0 Å². The Kier molecular flexibility index (Phi) is 3.44. The van der Waals surface area contributed by atoms with Gasteiger partial charge in [0.25, 0.3) is 5.91 Å². The molecular weight excluding hydrogens is 262 g/mol. The highest BCUT2D eigenvalue weighted by Crippen LogP contribution is 2.26. The van der Waals surface area contributed by atoms with Gasteiger partial charge in [-0.1, -0.05) is 18.2 Å². The Hall–Kier alpha value is -2.62. The van der Waals surface area contributed by atoms with Gasteiger partial charge < -0.3 is 9.88 Å². The molecule has 1 aromatic carbocycles. The van der Waals surface area contributed by atoms with Crippen molar-refractivity contribution < 1.29 is 4.79 Å². The number of para-hydroxylation sites is 1. The summed E-state index contributed by atoms with van der Waals surface area (Å²) in [6.45, 7) is 4.80. The summed E-state index contributed by atoms with van der Waals surface area (Å²) in [7, 11) is 0. The molecule has 0 spiro atoms. The highest BCUT2D eigenvalue weighted by molar-refractivity contribution is 6.08. The van der Waals surface area contributed by atoms with Crippen LogP contribution >= 0.6 is 0 Å². The van der Waals surface area contributed by atoms with Crippen LogP contribution in [-0.2, 0) is 6.54 Å². The first kappa shape index (κ1) is 13.4. The van der Waals surface area contributed by atoms with E-state index in [1.54, 1.807) is 24.5 Å². The van der Waals surface area contributed by atoms with Crippen molar-refractivity contribution in [1.29, 1.82) is 0 Å². The third-order valence-corrected chi connectivity index (χ3v) is 3.69. The Morgan fingerprint density at radius 1 is 1.19 bits per heavy atom. The largest absolute Gasteiger partial charge is 0.337 e. The molecule has 4 heteroatoms. The zero-order valence-corrected chi connectivity index (χ0v) is 12.1. The summed E-state index contributed by atoms with van der Waals surface area (Å²) in [5.74, 6) is -0.0863. The summed E-state index contributed by atoms with van der Waals surface area (Å²) in [5, 5.41) is 4.06. The summed E-state index contributed by atoms with van der Waals surface area (Å²) >= 11 is 0. The molecule has 0 unspecified atom stereocenters. The van der Waals surface area contributed by atoms with Gasteiger partial charge in [0.2, 0.25) is 0 Å². The lowest BCUT2D eigenvalue weighted by Crippen LogP contribution is -2.17. The molecule has 0 atom stereocenters. The Morgan fingerprint density at radius 3 is 2.62 bits per heavy atom. The van der Waals surface area contributed by atoms with Gasteiger partial charge >= 0.3 is 0 Å². The Balaban J connectivity index is 2.07. The molecule has 0 radical (unpaired) electrons. The SMILES string of the molecule is CCn1c(C(=O)Nc2ccncc2)c(C)c2ccccc21. The Morgan fingerprint density at radius 2 is 1.90 bits per heavy atom. The minimum absolute atomic E-state index is 0.0863. The molecule has 0 saturated carbocycles. The van der Waals surface area contributed by atoms with Crippen LogP contribution in [0.5, 0.6) is 0 Å². The minimum Gasteiger partial charge on any atom is -0.337 e. The molecule has 106 valence electrons. The number of pyridine rings is 1. The third kappa shape index (κ3) is 2.29. The number of rotatable bonds is 3. The molecule has 1 amide bonds. The van der Waals surface area contributed by atoms with E-state index in [1.165, 1.54) is 0 Å². The fourth-order valence-electron chi connectivity index (χ4n) is 2.72. The molecule has 3 rings (SSSR count). The van der Waals surface area contributed by atoms with Crippen LogP contribution in [0.3, 0.4) is 0 Å². The van der Waals surface area contributed by atoms with Crippen molar-refractivity contribution in [3.63, 3.8) is 0 Å². The number of aromatic nitrogens is 2. The zero-order chi connectivity index (χ0) is 14.8. The maximum atomic E-state index is 12.6. The summed E-state index contributed by atoms with van der Waals surface area (Å²) in [6, 6.07) is 11.7. The lowest BCUT2D eigenvalue weighted by Gasteiger charge is -2.09. The lowest BCUT2D eigenvalue weighted by atomic mass is 10.1. The molecule has 0 bridgehead atoms. The molecule has 0 fully saturated rings. The average molecular weight is 279 g/mol. The monoisotopic (exact) mass is 279 g/mol. The van der Waals surface area contributed by atoms with E-state index in [9.17, 15) is 4.79 Å². The van der Waals surface area contributed by atoms with Crippen molar-refractivity contribution in [3.8, 4) is 0 Å². The van der Waals surface area contributed by atoms with Crippen LogP contribution in [0.15, 0.2) is 48.8 Å². The van der Waals surface area contributed by atoms with Crippen LogP contribution < -0.4 is 5.32 Å². The standard InChI is InChI=1S/C17H17N3O/c1-3-20-15-7-5-4-6-14(15)12(2)16(20)17(21)19-13-8-10-18-11-9-13/h4-11H,3H2,1-2H3,(H,18,19,21). The fourth-order valence-corrected chi connectivity index (χ4v) is 2.72. The van der Waals surface area contributed by atoms with Crippen molar-refractivity contribution in [3.05, 3.63) is 60.0 Å². The number of nitrogens with one attached hydrogen (secondary N) is 1. The maximum Gasteiger partial charge on any atom is 0.272 e. The molecule has 21 heavy (non-hydrogen) atoms. The van der Waals surface area contributed by atoms with Gasteiger partial charge in [-0.25, -0.2) is 0 Å². The third-order valence-electron chi connectivity index (χ3n) is 3.69. The molecule has 2 aromatic heterocycles. The predicted octanol–water partition coefficient (Wildman–Crippen LogP) is 3.62. The molecule has 2 heterocycles. The number of fused-ring (bicyclic) bond motifs is 1. The van der Waals surface area contributed by atoms with Gasteiger partial charge in [0, 0.05) is 35.5 Å². The van der Waals surface area contributed by atoms with Crippen molar-refractivity contribution >= 4 is 22.5 Å². The number of nitrogens with zero attached hydrogens (tertiary/aromatic N) is 2. The number of benzene rings is 1. The number of hydrogen-bond donors (Lipinski definition) is 1. The number of anilines is 1. The van der Waals surface area contributed by atoms with Crippen LogP contribution in [0.2, 0.25) is 0 Å². The Bertz CT molecular complexity index is 790. The van der Waals surface area contributed by atoms with Crippen molar-refractivity contribution in [2.24, 2.45) is 0 Å². The Labute approximate surface area is 123 Å². The molecule has 0 aliphatic heterocycles. The first-order valence-corrected chi connectivity index (χ1v) is 7.01. The molecule has 0 saturated heterocycles. The van der Waals surface area contributed by atoms with Gasteiger partial charge in [0.15, 0.2) is 0 Å². The lowest BCUT2D eigenvalue weighted by molar-refractivity contribution is 0.101. The van der Waals surface area contributed by atoms with Gasteiger partial charge in [-0.2, -0.15) is 0 Å². The zero-order valence-electron chi connectivity index (χ0n) is 12.1. The van der Waals surface area contributed by atoms with E-state index in [0.29, 0.717) is 0 Å². The normalized spacial score (nSPS) is 10.8. The highest BCUT2D eigenvalue weighted by Gasteiger charge is 2.19. The quantitative estimate of drug-likeness (QED) is 0.796. The van der Waals surface area contributed by atoms with Crippen LogP contribution in [0.25, 0.3) is 10.9 Å². The molecule has 0 aliphatic carbocycles. The maximum absolute atomic E-state index is 12.6. The van der Waals surface area contributed by atoms with Crippen molar-refractivity contribution in [2.75, 3.05) is 5.32 Å². The van der Waals surface area contributed by atoms with E-state index in [-0.39, 0.29) is 5.91 Å². The number of aryl methyl sites for hydroxylation is 2. The second-order valence-corrected chi connectivity index (χ2v) is 4.93. The smallest absolute Gasteiger partial charge is 0.272 e. The second-order valence-electron chi connectivity index (χ2n) is 4.93. The molecule has 0 aliphatic rings. The topological polar surface area (TPSA) is 46.9 Å². The van der Waals surface area contributed by atoms with E-state index in [2.05, 4.69) is 33.9 Å². The molecular formula is C17H17N3O. The van der Waals surface area contributed by atoms with E-state index < -0.39 is 0 Å². The predicted molar refractivity (Wildman–Crippen MR) is 84.5 cm³/mol. The van der Waals surface area contributed by atoms with Crippen molar-refractivity contribution in [2.45, 2.75) is 20.4 Å². The second kappa shape index (κ2) is 5.40. The average Bonchev–Trinajstić information content (AvgIpc) is 2.81. The summed E-state index contributed by atoms with van der Waals surface area (Å²) in [4.78, 5) is 16.6. The number of amides is 1. The first-order valence-electron chi connectivity index (χ1n) is 7.01. The number of carbonyl (C=O) groups is 1. The van der Waals surface area contributed by atoms with E-state index in [0.717, 1.165) is 34.4 Å². The van der Waals surface area contributed by atoms with Crippen LogP contribution in [0.4, 0.5) is 5.69 Å². The van der Waals surface area contributed by atoms with E-state index >= 15 is 0 Å². The molecule has 1 N–H and O–H groups in total. The number of carbonyl (C=O) groups excluding carboxylic acids is 1. The van der Waals surface area contributed by atoms with E-state index in [4.69, 9.17) is 0 Å². The van der Waals surface area contributed by atoms with Gasteiger partial charge in [-0.05, 0) is 37.6 Å². The van der Waals surface area contributed by atoms with E-state index in [1.807, 2.05) is 19.1 Å². The van der Waals surface area contributed by atoms with Gasteiger partial charge in [-0.3, -0.25) is 9.78 Å². The molecule has 3 aromatic rings. The van der Waals surface area contributed by atoms with Gasteiger partial charge in [0.05, 0.1) is 0 Å². The highest BCUT2D eigenvalue weighted by atomic mass is 16.2. The summed E-state index contributed by atoms with van der Waals surface area (Å²) in [5.41, 5.74) is 3.58. The first-order chi connectivity index (χ1) is 10.2. The van der Waals surface area contributed by atoms with Gasteiger partial charge in [0.1, 0.15) is 5.69 Å². The summed E-state index contributed by atoms with van der Waals surface area (Å²) < 4.78 is 2.06. The van der Waals surface area contributed by atoms with Crippen LogP contribution in [0, 0.1) is 6.92 Å². The van der Waals surface area contributed by atoms with Crippen molar-refractivity contribution in [1.82, 2.24) is 9.55 Å². The van der Waals surface area contributed by atoms with Crippen LogP contribution in [-0.4, -0.2) is 15.5 Å². The summed E-state index contributed by atoms with van der Waals surface area (Å²) in [6.07, 6.45) is 3.33. The molecule has 4 nitrogen and oxygen atoms in total. The number of hydrogen-bond acceptors (Lipinski definition) is 2.